The molecule has 0 saturated carbocycles. The van der Waals surface area contributed by atoms with Crippen molar-refractivity contribution < 1.29 is 14.6 Å². The molecule has 1 atom stereocenters. The molecule has 3 heteroatoms. The van der Waals surface area contributed by atoms with Gasteiger partial charge in [-0.05, 0) is 51.0 Å². The molecule has 0 aliphatic carbocycles. The minimum absolute atomic E-state index is 0.0109. The fourth-order valence-corrected chi connectivity index (χ4v) is 1.93. The molecule has 1 N–H and O–H groups in total. The van der Waals surface area contributed by atoms with Gasteiger partial charge in [0.05, 0.1) is 11.7 Å². The maximum atomic E-state index is 9.12. The van der Waals surface area contributed by atoms with Crippen LogP contribution >= 0.6 is 0 Å². The average Bonchev–Trinajstić information content (AvgIpc) is 2.58. The van der Waals surface area contributed by atoms with Crippen LogP contribution in [-0.2, 0) is 4.74 Å². The summed E-state index contributed by atoms with van der Waals surface area (Å²) in [6.45, 7) is 4.79. The van der Waals surface area contributed by atoms with E-state index >= 15 is 0 Å². The molecule has 1 aromatic rings. The van der Waals surface area contributed by atoms with Gasteiger partial charge in [0.25, 0.3) is 0 Å². The maximum Gasteiger partial charge on any atom is 0.119 e. The number of rotatable bonds is 3. The normalized spacial score (nSPS) is 23.2. The third-order valence-corrected chi connectivity index (χ3v) is 2.83. The van der Waals surface area contributed by atoms with Crippen molar-refractivity contribution in [3.63, 3.8) is 0 Å². The van der Waals surface area contributed by atoms with Gasteiger partial charge < -0.3 is 14.6 Å². The molecule has 88 valence electrons. The zero-order chi connectivity index (χ0) is 11.6. The van der Waals surface area contributed by atoms with E-state index in [1.807, 2.05) is 0 Å². The molecule has 1 aliphatic heterocycles. The van der Waals surface area contributed by atoms with Crippen LogP contribution in [0.5, 0.6) is 11.5 Å². The Balaban J connectivity index is 1.82. The Kier molecular flexibility index (Phi) is 3.06. The fourth-order valence-electron chi connectivity index (χ4n) is 1.93. The largest absolute Gasteiger partial charge is 0.508 e. The number of phenolic OH excluding ortho intramolecular Hbond substituents is 1. The first-order chi connectivity index (χ1) is 7.55. The van der Waals surface area contributed by atoms with Gasteiger partial charge in [0.15, 0.2) is 0 Å². The molecule has 1 aliphatic rings. The Morgan fingerprint density at radius 3 is 2.62 bits per heavy atom. The lowest BCUT2D eigenvalue weighted by atomic mass is 10.1. The number of hydrogen-bond donors (Lipinski definition) is 1. The van der Waals surface area contributed by atoms with Crippen molar-refractivity contribution in [2.45, 2.75) is 38.4 Å². The minimum Gasteiger partial charge on any atom is -0.508 e. The van der Waals surface area contributed by atoms with Gasteiger partial charge in [-0.25, -0.2) is 0 Å². The predicted octanol–water partition coefficient (Wildman–Crippen LogP) is 2.73. The summed E-state index contributed by atoms with van der Waals surface area (Å²) in [6, 6.07) is 6.76. The molecular weight excluding hydrogens is 204 g/mol. The van der Waals surface area contributed by atoms with Crippen molar-refractivity contribution in [3.05, 3.63) is 24.3 Å². The number of hydrogen-bond acceptors (Lipinski definition) is 3. The van der Waals surface area contributed by atoms with Gasteiger partial charge in [0.2, 0.25) is 0 Å². The number of phenols is 1. The summed E-state index contributed by atoms with van der Waals surface area (Å²) < 4.78 is 11.4. The standard InChI is InChI=1S/C13H18O3/c1-13(2)8-7-12(16-13)9-15-11-5-3-10(14)4-6-11/h3-6,12,14H,7-9H2,1-2H3. The molecule has 16 heavy (non-hydrogen) atoms. The summed E-state index contributed by atoms with van der Waals surface area (Å²) in [7, 11) is 0. The highest BCUT2D eigenvalue weighted by molar-refractivity contribution is 5.30. The van der Waals surface area contributed by atoms with Crippen molar-refractivity contribution in [3.8, 4) is 11.5 Å². The van der Waals surface area contributed by atoms with Crippen LogP contribution in [-0.4, -0.2) is 23.4 Å². The molecule has 1 fully saturated rings. The highest BCUT2D eigenvalue weighted by Crippen LogP contribution is 2.29. The third-order valence-electron chi connectivity index (χ3n) is 2.83. The molecule has 1 aromatic carbocycles. The maximum absolute atomic E-state index is 9.12. The number of aromatic hydroxyl groups is 1. The molecule has 0 bridgehead atoms. The number of benzene rings is 1. The van der Waals surface area contributed by atoms with E-state index in [0.717, 1.165) is 18.6 Å². The monoisotopic (exact) mass is 222 g/mol. The molecule has 3 nitrogen and oxygen atoms in total. The van der Waals surface area contributed by atoms with Gasteiger partial charge in [-0.3, -0.25) is 0 Å². The van der Waals surface area contributed by atoms with Crippen molar-refractivity contribution >= 4 is 0 Å². The Labute approximate surface area is 96.0 Å². The van der Waals surface area contributed by atoms with E-state index < -0.39 is 0 Å². The summed E-state index contributed by atoms with van der Waals surface area (Å²) in [5.74, 6) is 1.02. The van der Waals surface area contributed by atoms with Crippen LogP contribution in [0.4, 0.5) is 0 Å². The first-order valence-corrected chi connectivity index (χ1v) is 5.65. The summed E-state index contributed by atoms with van der Waals surface area (Å²) in [4.78, 5) is 0. The van der Waals surface area contributed by atoms with E-state index in [2.05, 4.69) is 13.8 Å². The van der Waals surface area contributed by atoms with Crippen LogP contribution < -0.4 is 4.74 Å². The number of ether oxygens (including phenoxy) is 2. The zero-order valence-corrected chi connectivity index (χ0v) is 9.77. The topological polar surface area (TPSA) is 38.7 Å². The second-order valence-corrected chi connectivity index (χ2v) is 4.84. The lowest BCUT2D eigenvalue weighted by Gasteiger charge is -2.19. The van der Waals surface area contributed by atoms with Crippen molar-refractivity contribution in [2.75, 3.05) is 6.61 Å². The summed E-state index contributed by atoms with van der Waals surface area (Å²) in [6.07, 6.45) is 2.31. The molecule has 1 unspecified atom stereocenters. The van der Waals surface area contributed by atoms with E-state index in [4.69, 9.17) is 14.6 Å². The molecule has 1 heterocycles. The summed E-state index contributed by atoms with van der Waals surface area (Å²) >= 11 is 0. The van der Waals surface area contributed by atoms with Gasteiger partial charge in [0, 0.05) is 0 Å². The lowest BCUT2D eigenvalue weighted by Crippen LogP contribution is -2.23. The van der Waals surface area contributed by atoms with Crippen molar-refractivity contribution in [1.82, 2.24) is 0 Å². The molecule has 0 radical (unpaired) electrons. The molecule has 1 saturated heterocycles. The van der Waals surface area contributed by atoms with Crippen LogP contribution in [0.3, 0.4) is 0 Å². The summed E-state index contributed by atoms with van der Waals surface area (Å²) in [5, 5.41) is 9.12. The van der Waals surface area contributed by atoms with Crippen LogP contribution in [0.2, 0.25) is 0 Å². The van der Waals surface area contributed by atoms with E-state index in [-0.39, 0.29) is 17.5 Å². The third kappa shape index (κ3) is 2.89. The second-order valence-electron chi connectivity index (χ2n) is 4.84. The highest BCUT2D eigenvalue weighted by Gasteiger charge is 2.31. The smallest absolute Gasteiger partial charge is 0.119 e. The highest BCUT2D eigenvalue weighted by atomic mass is 16.6. The zero-order valence-electron chi connectivity index (χ0n) is 9.77. The molecule has 0 aromatic heterocycles. The first kappa shape index (κ1) is 11.3. The van der Waals surface area contributed by atoms with Crippen molar-refractivity contribution in [1.29, 1.82) is 0 Å². The van der Waals surface area contributed by atoms with E-state index in [1.165, 1.54) is 0 Å². The Morgan fingerprint density at radius 1 is 1.38 bits per heavy atom. The van der Waals surface area contributed by atoms with Crippen LogP contribution in [0.15, 0.2) is 24.3 Å². The van der Waals surface area contributed by atoms with Crippen LogP contribution in [0.1, 0.15) is 26.7 Å². The van der Waals surface area contributed by atoms with Gasteiger partial charge in [-0.1, -0.05) is 0 Å². The van der Waals surface area contributed by atoms with Gasteiger partial charge in [-0.2, -0.15) is 0 Å². The second kappa shape index (κ2) is 4.34. The van der Waals surface area contributed by atoms with Gasteiger partial charge in [0.1, 0.15) is 18.1 Å². The first-order valence-electron chi connectivity index (χ1n) is 5.65. The van der Waals surface area contributed by atoms with Crippen LogP contribution in [0, 0.1) is 0 Å². The van der Waals surface area contributed by atoms with Gasteiger partial charge >= 0.3 is 0 Å². The lowest BCUT2D eigenvalue weighted by molar-refractivity contribution is -0.0326. The fraction of sp³-hybridized carbons (Fsp3) is 0.538. The SMILES string of the molecule is CC1(C)CCC(COc2ccc(O)cc2)O1. The molecule has 0 amide bonds. The van der Waals surface area contributed by atoms with Crippen molar-refractivity contribution in [2.24, 2.45) is 0 Å². The minimum atomic E-state index is -0.0109. The molecule has 0 spiro atoms. The van der Waals surface area contributed by atoms with E-state index in [9.17, 15) is 0 Å². The quantitative estimate of drug-likeness (QED) is 0.854. The molecule has 2 rings (SSSR count). The Bertz CT molecular complexity index is 343. The Hall–Kier alpha value is -1.22. The molecular formula is C13H18O3. The summed E-state index contributed by atoms with van der Waals surface area (Å²) in [5.41, 5.74) is -0.0109. The van der Waals surface area contributed by atoms with E-state index in [0.29, 0.717) is 6.61 Å². The van der Waals surface area contributed by atoms with E-state index in [1.54, 1.807) is 24.3 Å². The van der Waals surface area contributed by atoms with Gasteiger partial charge in [-0.15, -0.1) is 0 Å². The average molecular weight is 222 g/mol. The predicted molar refractivity (Wildman–Crippen MR) is 61.8 cm³/mol. The van der Waals surface area contributed by atoms with Crippen LogP contribution in [0.25, 0.3) is 0 Å². The Morgan fingerprint density at radius 2 is 2.06 bits per heavy atom.